The number of methoxy groups -OCH3 is 1. The highest BCUT2D eigenvalue weighted by Crippen LogP contribution is 2.34. The van der Waals surface area contributed by atoms with Gasteiger partial charge in [-0.15, -0.1) is 9.50 Å². The number of hydrogen-bond acceptors (Lipinski definition) is 6. The number of ether oxygens (including phenoxy) is 1. The zero-order valence-electron chi connectivity index (χ0n) is 18.5. The number of nitrogens with one attached hydrogen (secondary N) is 1. The standard InChI is InChI=1S/C24H20FN7O2/c1-14-10-16(11-19(28-14)34-2)20-21(15-6-4-3-5-7-15)29-23(26)32-22(20)30-31(24(32)33)13-18-9-8-17(25)12-27-18/h3-12H,13H2,1-2H3,(H2,26,29)/p+1. The van der Waals surface area contributed by atoms with Gasteiger partial charge >= 0.3 is 11.6 Å². The summed E-state index contributed by atoms with van der Waals surface area (Å²) >= 11 is 0. The summed E-state index contributed by atoms with van der Waals surface area (Å²) in [5.74, 6) is 0.0988. The van der Waals surface area contributed by atoms with Gasteiger partial charge in [0, 0.05) is 17.3 Å². The number of fused-ring (bicyclic) bond motifs is 1. The highest BCUT2D eigenvalue weighted by atomic mass is 19.1. The number of rotatable bonds is 5. The second kappa shape index (κ2) is 8.39. The molecule has 170 valence electrons. The summed E-state index contributed by atoms with van der Waals surface area (Å²) < 4.78 is 21.2. The smallest absolute Gasteiger partial charge is 0.411 e. The molecule has 10 heteroatoms. The van der Waals surface area contributed by atoms with Crippen molar-refractivity contribution in [3.63, 3.8) is 0 Å². The second-order valence-corrected chi connectivity index (χ2v) is 7.73. The third-order valence-electron chi connectivity index (χ3n) is 5.40. The van der Waals surface area contributed by atoms with Crippen molar-refractivity contribution in [2.75, 3.05) is 12.8 Å². The molecule has 9 nitrogen and oxygen atoms in total. The molecular formula is C24H21FN7O2+. The first-order valence-corrected chi connectivity index (χ1v) is 10.5. The lowest BCUT2D eigenvalue weighted by molar-refractivity contribution is -0.351. The molecule has 0 aliphatic carbocycles. The Kier molecular flexibility index (Phi) is 5.25. The first kappa shape index (κ1) is 21.3. The maximum Gasteiger partial charge on any atom is 0.411 e. The van der Waals surface area contributed by atoms with Gasteiger partial charge in [-0.1, -0.05) is 30.3 Å². The lowest BCUT2D eigenvalue weighted by Gasteiger charge is -2.10. The highest BCUT2D eigenvalue weighted by molar-refractivity contribution is 5.89. The number of aromatic amines is 1. The summed E-state index contributed by atoms with van der Waals surface area (Å²) in [6.07, 6.45) is 1.10. The lowest BCUT2D eigenvalue weighted by atomic mass is 10.00. The molecule has 0 saturated carbocycles. The van der Waals surface area contributed by atoms with Crippen LogP contribution in [-0.2, 0) is 6.54 Å². The van der Waals surface area contributed by atoms with Crippen LogP contribution in [0.3, 0.4) is 0 Å². The van der Waals surface area contributed by atoms with Gasteiger partial charge in [-0.3, -0.25) is 10.7 Å². The van der Waals surface area contributed by atoms with E-state index in [0.29, 0.717) is 28.5 Å². The van der Waals surface area contributed by atoms with Crippen molar-refractivity contribution in [3.05, 3.63) is 88.5 Å². The molecule has 4 aromatic heterocycles. The Morgan fingerprint density at radius 2 is 1.91 bits per heavy atom. The van der Waals surface area contributed by atoms with Crippen LogP contribution in [0, 0.1) is 12.7 Å². The second-order valence-electron chi connectivity index (χ2n) is 7.73. The molecule has 0 aliphatic rings. The first-order chi connectivity index (χ1) is 16.4. The van der Waals surface area contributed by atoms with Crippen LogP contribution >= 0.6 is 0 Å². The Hall–Kier alpha value is -4.60. The number of aryl methyl sites for hydroxylation is 1. The Bertz CT molecular complexity index is 1560. The van der Waals surface area contributed by atoms with E-state index in [4.69, 9.17) is 10.5 Å². The molecule has 0 saturated heterocycles. The molecule has 1 aromatic carbocycles. The number of nitrogen functional groups attached to an aromatic ring is 1. The van der Waals surface area contributed by atoms with E-state index in [1.807, 2.05) is 43.3 Å². The zero-order valence-corrected chi connectivity index (χ0v) is 18.5. The van der Waals surface area contributed by atoms with Gasteiger partial charge in [0.25, 0.3) is 0 Å². The Morgan fingerprint density at radius 1 is 1.12 bits per heavy atom. The van der Waals surface area contributed by atoms with Crippen LogP contribution in [0.1, 0.15) is 11.4 Å². The summed E-state index contributed by atoms with van der Waals surface area (Å²) in [4.78, 5) is 24.9. The summed E-state index contributed by atoms with van der Waals surface area (Å²) in [5, 5.41) is 4.61. The largest absolute Gasteiger partial charge is 0.481 e. The molecule has 0 aliphatic heterocycles. The number of H-pyrrole nitrogens is 1. The van der Waals surface area contributed by atoms with Crippen LogP contribution in [0.5, 0.6) is 5.88 Å². The minimum atomic E-state index is -0.457. The van der Waals surface area contributed by atoms with Gasteiger partial charge in [0.1, 0.15) is 11.5 Å². The third kappa shape index (κ3) is 3.75. The maximum atomic E-state index is 13.3. The number of benzene rings is 1. The van der Waals surface area contributed by atoms with E-state index in [-0.39, 0.29) is 12.5 Å². The maximum absolute atomic E-state index is 13.3. The molecule has 5 rings (SSSR count). The normalized spacial score (nSPS) is 11.1. The van der Waals surface area contributed by atoms with E-state index in [2.05, 4.69) is 20.1 Å². The van der Waals surface area contributed by atoms with E-state index >= 15 is 0 Å². The van der Waals surface area contributed by atoms with Crippen molar-refractivity contribution >= 4 is 11.6 Å². The van der Waals surface area contributed by atoms with Crippen LogP contribution in [0.25, 0.3) is 28.0 Å². The molecule has 0 unspecified atom stereocenters. The van der Waals surface area contributed by atoms with E-state index in [0.717, 1.165) is 23.0 Å². The average molecular weight is 458 g/mol. The van der Waals surface area contributed by atoms with Gasteiger partial charge in [-0.05, 0) is 30.7 Å². The summed E-state index contributed by atoms with van der Waals surface area (Å²) in [7, 11) is 1.54. The van der Waals surface area contributed by atoms with Gasteiger partial charge in [0.2, 0.25) is 11.5 Å². The van der Waals surface area contributed by atoms with Gasteiger partial charge < -0.3 is 4.74 Å². The molecule has 4 heterocycles. The fraction of sp³-hybridized carbons (Fsp3) is 0.125. The number of halogens is 1. The van der Waals surface area contributed by atoms with E-state index in [9.17, 15) is 9.18 Å². The van der Waals surface area contributed by atoms with Crippen LogP contribution in [0.4, 0.5) is 10.3 Å². The highest BCUT2D eigenvalue weighted by Gasteiger charge is 2.26. The van der Waals surface area contributed by atoms with Crippen LogP contribution in [-0.4, -0.2) is 31.3 Å². The van der Waals surface area contributed by atoms with Crippen molar-refractivity contribution in [2.24, 2.45) is 0 Å². The van der Waals surface area contributed by atoms with Gasteiger partial charge in [-0.2, -0.15) is 4.68 Å². The molecule has 3 N–H and O–H groups in total. The quantitative estimate of drug-likeness (QED) is 0.433. The number of aromatic nitrogens is 6. The van der Waals surface area contributed by atoms with Gasteiger partial charge in [0.15, 0.2) is 0 Å². The predicted octanol–water partition coefficient (Wildman–Crippen LogP) is 2.52. The number of nitrogens with two attached hydrogens (primary N) is 1. The number of anilines is 1. The molecule has 0 radical (unpaired) electrons. The number of nitrogens with zero attached hydrogens (tertiary/aromatic N) is 5. The van der Waals surface area contributed by atoms with E-state index in [1.165, 1.54) is 21.2 Å². The first-order valence-electron chi connectivity index (χ1n) is 10.5. The van der Waals surface area contributed by atoms with Crippen molar-refractivity contribution in [1.82, 2.24) is 24.1 Å². The Balaban J connectivity index is 1.81. The number of pyridine rings is 2. The van der Waals surface area contributed by atoms with Crippen molar-refractivity contribution in [3.8, 4) is 28.3 Å². The van der Waals surface area contributed by atoms with Gasteiger partial charge in [-0.25, -0.2) is 19.2 Å². The molecule has 0 spiro atoms. The summed E-state index contributed by atoms with van der Waals surface area (Å²) in [5.41, 5.74) is 10.4. The topological polar surface area (TPSA) is 114 Å². The van der Waals surface area contributed by atoms with Crippen molar-refractivity contribution in [2.45, 2.75) is 13.5 Å². The molecule has 0 fully saturated rings. The molecule has 5 aromatic rings. The molecule has 0 bridgehead atoms. The SMILES string of the molecule is COc1cc(-c2c(-c3ccccc3)[nH+]c(N)n3c(=O)n(Cc4ccc(F)cn4)nc23)cc(C)n1. The van der Waals surface area contributed by atoms with Crippen molar-refractivity contribution < 1.29 is 14.1 Å². The Morgan fingerprint density at radius 3 is 2.62 bits per heavy atom. The minimum absolute atomic E-state index is 0.0546. The summed E-state index contributed by atoms with van der Waals surface area (Å²) in [6, 6.07) is 16.1. The third-order valence-corrected chi connectivity index (χ3v) is 5.40. The minimum Gasteiger partial charge on any atom is -0.481 e. The number of hydrogen-bond donors (Lipinski definition) is 1. The fourth-order valence-corrected chi connectivity index (χ4v) is 3.88. The molecular weight excluding hydrogens is 437 g/mol. The van der Waals surface area contributed by atoms with E-state index in [1.54, 1.807) is 13.2 Å². The zero-order chi connectivity index (χ0) is 23.8. The van der Waals surface area contributed by atoms with Crippen LogP contribution < -0.4 is 21.1 Å². The van der Waals surface area contributed by atoms with Crippen molar-refractivity contribution in [1.29, 1.82) is 0 Å². The molecule has 0 atom stereocenters. The molecule has 34 heavy (non-hydrogen) atoms. The Labute approximate surface area is 193 Å². The lowest BCUT2D eigenvalue weighted by Crippen LogP contribution is -2.28. The summed E-state index contributed by atoms with van der Waals surface area (Å²) in [6.45, 7) is 1.91. The predicted molar refractivity (Wildman–Crippen MR) is 124 cm³/mol. The van der Waals surface area contributed by atoms with Crippen LogP contribution in [0.15, 0.2) is 65.6 Å². The van der Waals surface area contributed by atoms with E-state index < -0.39 is 11.5 Å². The molecule has 0 amide bonds. The fourth-order valence-electron chi connectivity index (χ4n) is 3.88. The van der Waals surface area contributed by atoms with Gasteiger partial charge in [0.05, 0.1) is 31.1 Å². The monoisotopic (exact) mass is 458 g/mol. The average Bonchev–Trinajstić information content (AvgIpc) is 3.16. The van der Waals surface area contributed by atoms with Crippen LogP contribution in [0.2, 0.25) is 0 Å².